The number of benzene rings is 1. The Morgan fingerprint density at radius 3 is 2.31 bits per heavy atom. The van der Waals surface area contributed by atoms with E-state index in [0.717, 1.165) is 48.6 Å². The summed E-state index contributed by atoms with van der Waals surface area (Å²) < 4.78 is 1.16. The first-order valence-corrected chi connectivity index (χ1v) is 12.1. The minimum absolute atomic E-state index is 0.00377. The molecule has 0 saturated carbocycles. The van der Waals surface area contributed by atoms with E-state index in [1.165, 1.54) is 24.0 Å². The molecule has 2 fully saturated rings. The lowest BCUT2D eigenvalue weighted by Gasteiger charge is -2.24. The molecule has 1 amide bonds. The van der Waals surface area contributed by atoms with Crippen molar-refractivity contribution in [3.8, 4) is 0 Å². The summed E-state index contributed by atoms with van der Waals surface area (Å²) in [5.41, 5.74) is 4.41. The van der Waals surface area contributed by atoms with Crippen molar-refractivity contribution in [2.75, 3.05) is 34.8 Å². The van der Waals surface area contributed by atoms with Gasteiger partial charge in [-0.25, -0.2) is 4.90 Å². The number of pyridine rings is 1. The highest BCUT2D eigenvalue weighted by atomic mass is 16.5. The Balaban J connectivity index is 1.61. The van der Waals surface area contributed by atoms with Crippen molar-refractivity contribution >= 4 is 23.1 Å². The highest BCUT2D eigenvalue weighted by Gasteiger charge is 2.40. The lowest BCUT2D eigenvalue weighted by atomic mass is 9.92. The summed E-state index contributed by atoms with van der Waals surface area (Å²) in [5, 5.41) is 13.9. The second-order valence-electron chi connectivity index (χ2n) is 9.74. The average molecular weight is 438 g/mol. The zero-order valence-electron chi connectivity index (χ0n) is 19.8. The quantitative estimate of drug-likeness (QED) is 0.509. The van der Waals surface area contributed by atoms with Gasteiger partial charge in [0.05, 0.1) is 12.6 Å². The smallest absolute Gasteiger partial charge is 0.318 e. The molecule has 0 unspecified atom stereocenters. The monoisotopic (exact) mass is 437 g/mol. The van der Waals surface area contributed by atoms with Gasteiger partial charge in [-0.1, -0.05) is 50.6 Å². The molecule has 0 radical (unpaired) electrons. The van der Waals surface area contributed by atoms with Crippen LogP contribution in [-0.2, 0) is 4.79 Å². The number of carbonyl (C=O) groups excluding carboxylic acids is 1. The molecule has 0 spiro atoms. The van der Waals surface area contributed by atoms with Gasteiger partial charge in [0.15, 0.2) is 6.04 Å². The average Bonchev–Trinajstić information content (AvgIpc) is 3.46. The van der Waals surface area contributed by atoms with Gasteiger partial charge in [-0.3, -0.25) is 4.79 Å². The number of amides is 1. The molecule has 2 aromatic rings. The molecular formula is C26H37N4O2+. The van der Waals surface area contributed by atoms with Gasteiger partial charge in [0, 0.05) is 37.0 Å². The van der Waals surface area contributed by atoms with Crippen LogP contribution in [0.1, 0.15) is 76.3 Å². The molecule has 6 heteroatoms. The maximum absolute atomic E-state index is 13.5. The summed E-state index contributed by atoms with van der Waals surface area (Å²) in [6, 6.07) is 9.98. The Bertz CT molecular complexity index is 940. The molecule has 172 valence electrons. The van der Waals surface area contributed by atoms with Crippen LogP contribution in [0.15, 0.2) is 36.5 Å². The van der Waals surface area contributed by atoms with Gasteiger partial charge in [0.1, 0.15) is 6.20 Å². The lowest BCUT2D eigenvalue weighted by molar-refractivity contribution is -0.894. The Labute approximate surface area is 191 Å². The molecule has 0 bridgehead atoms. The topological polar surface area (TPSA) is 59.7 Å². The van der Waals surface area contributed by atoms with Crippen LogP contribution in [0.3, 0.4) is 0 Å². The van der Waals surface area contributed by atoms with E-state index >= 15 is 0 Å². The van der Waals surface area contributed by atoms with Crippen LogP contribution in [0.4, 0.5) is 17.2 Å². The maximum Gasteiger partial charge on any atom is 0.318 e. The molecule has 3 heterocycles. The number of nitrogens with one attached hydrogen (secondary N) is 1. The van der Waals surface area contributed by atoms with Gasteiger partial charge >= 0.3 is 5.82 Å². The Hall–Kier alpha value is -2.76. The first kappa shape index (κ1) is 22.4. The number of para-hydroxylation sites is 1. The Kier molecular flexibility index (Phi) is 6.58. The van der Waals surface area contributed by atoms with E-state index in [2.05, 4.69) is 61.0 Å². The van der Waals surface area contributed by atoms with Gasteiger partial charge in [0.2, 0.25) is 0 Å². The van der Waals surface area contributed by atoms with Crippen LogP contribution in [0.2, 0.25) is 0 Å². The third-order valence-corrected chi connectivity index (χ3v) is 6.84. The molecule has 0 aliphatic carbocycles. The van der Waals surface area contributed by atoms with Gasteiger partial charge in [0.25, 0.3) is 5.91 Å². The van der Waals surface area contributed by atoms with Crippen LogP contribution < -0.4 is 19.8 Å². The highest BCUT2D eigenvalue weighted by Crippen LogP contribution is 2.34. The minimum atomic E-state index is -0.303. The molecule has 2 aliphatic heterocycles. The van der Waals surface area contributed by atoms with Crippen molar-refractivity contribution in [2.24, 2.45) is 0 Å². The largest absolute Gasteiger partial charge is 0.371 e. The number of carbonyl (C=O) groups is 1. The van der Waals surface area contributed by atoms with E-state index in [9.17, 15) is 10.0 Å². The molecule has 2 N–H and O–H groups in total. The second-order valence-corrected chi connectivity index (χ2v) is 9.74. The first-order chi connectivity index (χ1) is 15.4. The first-order valence-electron chi connectivity index (χ1n) is 12.1. The van der Waals surface area contributed by atoms with Crippen molar-refractivity contribution in [3.63, 3.8) is 0 Å². The van der Waals surface area contributed by atoms with Crippen molar-refractivity contribution in [2.45, 2.75) is 71.3 Å². The van der Waals surface area contributed by atoms with Crippen molar-refractivity contribution in [1.29, 1.82) is 0 Å². The number of anilines is 3. The fourth-order valence-corrected chi connectivity index (χ4v) is 5.07. The fourth-order valence-electron chi connectivity index (χ4n) is 5.07. The maximum atomic E-state index is 13.5. The summed E-state index contributed by atoms with van der Waals surface area (Å²) >= 11 is 0. The van der Waals surface area contributed by atoms with Crippen LogP contribution >= 0.6 is 0 Å². The van der Waals surface area contributed by atoms with Crippen LogP contribution in [-0.4, -0.2) is 36.8 Å². The standard InChI is InChI=1S/C26H36N4O2/c1-18(2)21-9-7-10-22(19(3)4)25(21)27-26(31)23-11-8-15-29(23)24-17-20(12-16-30(24)32)28-13-5-6-14-28/h7,9-10,12,16-19,23H,5-6,8,11,13-15H2,1-4H3,(H-,27,31,32)/p+1/t23-/m0/s1. The molecule has 2 aliphatic rings. The zero-order chi connectivity index (χ0) is 22.8. The van der Waals surface area contributed by atoms with E-state index < -0.39 is 0 Å². The van der Waals surface area contributed by atoms with Gasteiger partial charge < -0.3 is 15.4 Å². The molecule has 4 rings (SSSR count). The van der Waals surface area contributed by atoms with Crippen molar-refractivity contribution < 1.29 is 14.7 Å². The predicted molar refractivity (Wildman–Crippen MR) is 129 cm³/mol. The Morgan fingerprint density at radius 1 is 1.03 bits per heavy atom. The normalized spacial score (nSPS) is 18.8. The lowest BCUT2D eigenvalue weighted by Crippen LogP contribution is -2.47. The molecule has 32 heavy (non-hydrogen) atoms. The molecule has 2 saturated heterocycles. The number of rotatable bonds is 6. The molecule has 6 nitrogen and oxygen atoms in total. The molecule has 1 atom stereocenters. The fraction of sp³-hybridized carbons (Fsp3) is 0.538. The van der Waals surface area contributed by atoms with Gasteiger partial charge in [-0.2, -0.15) is 0 Å². The number of nitrogens with zero attached hydrogens (tertiary/aromatic N) is 3. The summed E-state index contributed by atoms with van der Waals surface area (Å²) in [5.74, 6) is 1.33. The molecule has 1 aromatic carbocycles. The van der Waals surface area contributed by atoms with Crippen LogP contribution in [0, 0.1) is 0 Å². The van der Waals surface area contributed by atoms with Crippen molar-refractivity contribution in [1.82, 2.24) is 0 Å². The number of hydrogen-bond acceptors (Lipinski definition) is 4. The predicted octanol–water partition coefficient (Wildman–Crippen LogP) is 4.67. The van der Waals surface area contributed by atoms with Crippen LogP contribution in [0.5, 0.6) is 0 Å². The number of aromatic nitrogens is 1. The van der Waals surface area contributed by atoms with Crippen LogP contribution in [0.25, 0.3) is 0 Å². The summed E-state index contributed by atoms with van der Waals surface area (Å²) in [4.78, 5) is 18.0. The molecule has 1 aromatic heterocycles. The second kappa shape index (κ2) is 9.39. The minimum Gasteiger partial charge on any atom is -0.371 e. The molecular weight excluding hydrogens is 400 g/mol. The van der Waals surface area contributed by atoms with E-state index in [4.69, 9.17) is 0 Å². The van der Waals surface area contributed by atoms with E-state index in [0.29, 0.717) is 17.7 Å². The van der Waals surface area contributed by atoms with Gasteiger partial charge in [-0.15, -0.1) is 0 Å². The summed E-state index contributed by atoms with van der Waals surface area (Å²) in [7, 11) is 0. The summed E-state index contributed by atoms with van der Waals surface area (Å²) in [6.07, 6.45) is 5.80. The zero-order valence-corrected chi connectivity index (χ0v) is 19.8. The SMILES string of the molecule is CC(C)c1cccc(C(C)C)c1NC(=O)[C@@H]1CCCN1c1cc(N2CCCC2)cc[n+]1O. The number of hydrogen-bond donors (Lipinski definition) is 2. The van der Waals surface area contributed by atoms with Gasteiger partial charge in [-0.05, 0) is 42.2 Å². The van der Waals surface area contributed by atoms with E-state index in [1.807, 2.05) is 12.1 Å². The third kappa shape index (κ3) is 4.41. The third-order valence-electron chi connectivity index (χ3n) is 6.84. The Morgan fingerprint density at radius 2 is 1.69 bits per heavy atom. The van der Waals surface area contributed by atoms with Crippen molar-refractivity contribution in [3.05, 3.63) is 47.7 Å². The van der Waals surface area contributed by atoms with E-state index in [1.54, 1.807) is 6.20 Å². The summed E-state index contributed by atoms with van der Waals surface area (Å²) in [6.45, 7) is 11.5. The highest BCUT2D eigenvalue weighted by molar-refractivity contribution is 5.98. The van der Waals surface area contributed by atoms with E-state index in [-0.39, 0.29) is 11.9 Å².